The predicted molar refractivity (Wildman–Crippen MR) is 167 cm³/mol. The first kappa shape index (κ1) is 25.0. The standard InChI is InChI=1S/C37H18N4O3/c38-18-26-28(20-40)37(27(19-39)24-10-6-11-31(42)36(24)26)41-29-14-13-22(21-7-2-1-3-8-21)15-34(29)44-35-17-33-25(16-30(35)41)23-9-4-5-12-32(23)43-33/h1-17,42H. The summed E-state index contributed by atoms with van der Waals surface area (Å²) in [5, 5.41) is 44.4. The van der Waals surface area contributed by atoms with Crippen molar-refractivity contribution in [3.8, 4) is 46.6 Å². The molecule has 44 heavy (non-hydrogen) atoms. The van der Waals surface area contributed by atoms with Crippen LogP contribution in [0.1, 0.15) is 16.7 Å². The second kappa shape index (κ2) is 9.39. The molecule has 1 aliphatic heterocycles. The van der Waals surface area contributed by atoms with Gasteiger partial charge in [0.05, 0.1) is 33.8 Å². The number of rotatable bonds is 2. The van der Waals surface area contributed by atoms with E-state index in [0.29, 0.717) is 39.4 Å². The van der Waals surface area contributed by atoms with E-state index in [1.54, 1.807) is 12.1 Å². The van der Waals surface area contributed by atoms with Crippen molar-refractivity contribution in [2.75, 3.05) is 4.90 Å². The van der Waals surface area contributed by atoms with Crippen molar-refractivity contribution in [2.24, 2.45) is 0 Å². The maximum Gasteiger partial charge on any atom is 0.155 e. The molecule has 0 amide bonds. The first-order chi connectivity index (χ1) is 21.6. The van der Waals surface area contributed by atoms with Crippen molar-refractivity contribution in [3.63, 3.8) is 0 Å². The van der Waals surface area contributed by atoms with Crippen LogP contribution in [0.3, 0.4) is 0 Å². The molecule has 7 nitrogen and oxygen atoms in total. The number of anilines is 3. The monoisotopic (exact) mass is 566 g/mol. The second-order valence-corrected chi connectivity index (χ2v) is 10.4. The number of ether oxygens (including phenoxy) is 1. The highest BCUT2D eigenvalue weighted by Crippen LogP contribution is 2.55. The van der Waals surface area contributed by atoms with Gasteiger partial charge < -0.3 is 19.2 Å². The van der Waals surface area contributed by atoms with Crippen molar-refractivity contribution in [3.05, 3.63) is 120 Å². The highest BCUT2D eigenvalue weighted by Gasteiger charge is 2.34. The van der Waals surface area contributed by atoms with Gasteiger partial charge in [-0.15, -0.1) is 0 Å². The number of hydrogen-bond acceptors (Lipinski definition) is 7. The number of nitriles is 3. The number of benzene rings is 6. The third-order valence-electron chi connectivity index (χ3n) is 8.07. The maximum atomic E-state index is 10.8. The van der Waals surface area contributed by atoms with Crippen LogP contribution in [-0.2, 0) is 0 Å². The van der Waals surface area contributed by atoms with Gasteiger partial charge in [-0.2, -0.15) is 15.8 Å². The van der Waals surface area contributed by atoms with Gasteiger partial charge in [0.25, 0.3) is 0 Å². The van der Waals surface area contributed by atoms with E-state index >= 15 is 0 Å². The zero-order valence-electron chi connectivity index (χ0n) is 22.9. The molecule has 2 heterocycles. The van der Waals surface area contributed by atoms with E-state index < -0.39 is 0 Å². The van der Waals surface area contributed by atoms with E-state index in [1.165, 1.54) is 6.07 Å². The van der Waals surface area contributed by atoms with E-state index in [-0.39, 0.29) is 33.5 Å². The Morgan fingerprint density at radius 3 is 2.09 bits per heavy atom. The van der Waals surface area contributed by atoms with Gasteiger partial charge in [-0.1, -0.05) is 66.7 Å². The van der Waals surface area contributed by atoms with Gasteiger partial charge in [0.2, 0.25) is 0 Å². The summed E-state index contributed by atoms with van der Waals surface area (Å²) in [6, 6.07) is 38.4. The minimum atomic E-state index is -0.180. The minimum Gasteiger partial charge on any atom is -0.507 e. The normalized spacial score (nSPS) is 11.8. The summed E-state index contributed by atoms with van der Waals surface area (Å²) >= 11 is 0. The van der Waals surface area contributed by atoms with Gasteiger partial charge in [-0.3, -0.25) is 0 Å². The zero-order valence-corrected chi connectivity index (χ0v) is 22.9. The van der Waals surface area contributed by atoms with Crippen LogP contribution in [0.4, 0.5) is 17.1 Å². The van der Waals surface area contributed by atoms with Gasteiger partial charge in [0.15, 0.2) is 11.5 Å². The number of phenols is 1. The average Bonchev–Trinajstić information content (AvgIpc) is 3.42. The Balaban J connectivity index is 1.51. The summed E-state index contributed by atoms with van der Waals surface area (Å²) < 4.78 is 12.7. The highest BCUT2D eigenvalue weighted by molar-refractivity contribution is 6.10. The molecular weight excluding hydrogens is 548 g/mol. The third kappa shape index (κ3) is 3.46. The first-order valence-electron chi connectivity index (χ1n) is 13.8. The largest absolute Gasteiger partial charge is 0.507 e. The summed E-state index contributed by atoms with van der Waals surface area (Å²) in [7, 11) is 0. The summed E-state index contributed by atoms with van der Waals surface area (Å²) in [5.74, 6) is 0.772. The third-order valence-corrected chi connectivity index (χ3v) is 8.07. The van der Waals surface area contributed by atoms with Gasteiger partial charge in [-0.25, -0.2) is 0 Å². The number of para-hydroxylation sites is 1. The highest BCUT2D eigenvalue weighted by atomic mass is 16.5. The number of fused-ring (bicyclic) bond motifs is 6. The van der Waals surface area contributed by atoms with Gasteiger partial charge in [-0.05, 0) is 41.5 Å². The molecular formula is C37H18N4O3. The van der Waals surface area contributed by atoms with E-state index in [9.17, 15) is 20.9 Å². The molecule has 7 heteroatoms. The molecule has 0 spiro atoms. The number of furan rings is 1. The molecule has 1 aliphatic rings. The lowest BCUT2D eigenvalue weighted by atomic mass is 9.91. The fourth-order valence-corrected chi connectivity index (χ4v) is 6.14. The Bertz CT molecular complexity index is 2480. The molecule has 204 valence electrons. The van der Waals surface area contributed by atoms with Crippen molar-refractivity contribution in [1.29, 1.82) is 15.8 Å². The van der Waals surface area contributed by atoms with Crippen LogP contribution in [0, 0.1) is 34.0 Å². The first-order valence-corrected chi connectivity index (χ1v) is 13.8. The molecule has 0 unspecified atom stereocenters. The van der Waals surface area contributed by atoms with Gasteiger partial charge >= 0.3 is 0 Å². The molecule has 0 fully saturated rings. The lowest BCUT2D eigenvalue weighted by Crippen LogP contribution is -2.19. The quantitative estimate of drug-likeness (QED) is 0.221. The fraction of sp³-hybridized carbons (Fsp3) is 0. The SMILES string of the molecule is N#Cc1c(N2c3ccc(-c4ccccc4)cc3Oc3cc4oc5ccccc5c4cc32)c(C#N)c2cccc(O)c2c1C#N. The van der Waals surface area contributed by atoms with Crippen molar-refractivity contribution in [2.45, 2.75) is 0 Å². The lowest BCUT2D eigenvalue weighted by Gasteiger charge is -2.34. The molecule has 7 aromatic rings. The Hall–Kier alpha value is -6.75. The number of phenolic OH excluding ortho intramolecular Hbond substituents is 1. The van der Waals surface area contributed by atoms with Crippen LogP contribution in [0.15, 0.2) is 108 Å². The van der Waals surface area contributed by atoms with Crippen LogP contribution >= 0.6 is 0 Å². The predicted octanol–water partition coefficient (Wildman–Crippen LogP) is 9.30. The van der Waals surface area contributed by atoms with E-state index in [1.807, 2.05) is 89.8 Å². The van der Waals surface area contributed by atoms with E-state index in [2.05, 4.69) is 18.2 Å². The molecule has 0 radical (unpaired) electrons. The fourth-order valence-electron chi connectivity index (χ4n) is 6.14. The summed E-state index contributed by atoms with van der Waals surface area (Å²) in [5.41, 5.74) is 4.73. The smallest absolute Gasteiger partial charge is 0.155 e. The summed E-state index contributed by atoms with van der Waals surface area (Å²) in [6.07, 6.45) is 0. The summed E-state index contributed by atoms with van der Waals surface area (Å²) in [6.45, 7) is 0. The molecule has 6 aromatic carbocycles. The van der Waals surface area contributed by atoms with Crippen LogP contribution in [0.2, 0.25) is 0 Å². The van der Waals surface area contributed by atoms with Crippen molar-refractivity contribution < 1.29 is 14.3 Å². The second-order valence-electron chi connectivity index (χ2n) is 10.4. The molecule has 0 atom stereocenters. The van der Waals surface area contributed by atoms with Crippen LogP contribution in [-0.4, -0.2) is 5.11 Å². The van der Waals surface area contributed by atoms with Crippen molar-refractivity contribution >= 4 is 49.8 Å². The van der Waals surface area contributed by atoms with Crippen molar-refractivity contribution in [1.82, 2.24) is 0 Å². The Kier molecular flexibility index (Phi) is 5.34. The lowest BCUT2D eigenvalue weighted by molar-refractivity contribution is 0.476. The minimum absolute atomic E-state index is 0.0139. The molecule has 8 rings (SSSR count). The molecule has 0 bridgehead atoms. The average molecular weight is 567 g/mol. The van der Waals surface area contributed by atoms with Crippen LogP contribution in [0.25, 0.3) is 43.8 Å². The number of aromatic hydroxyl groups is 1. The Morgan fingerprint density at radius 1 is 0.568 bits per heavy atom. The van der Waals surface area contributed by atoms with E-state index in [4.69, 9.17) is 9.15 Å². The molecule has 0 aliphatic carbocycles. The van der Waals surface area contributed by atoms with Crippen LogP contribution in [0.5, 0.6) is 17.2 Å². The molecule has 1 aromatic heterocycles. The Labute approximate surface area is 250 Å². The zero-order chi connectivity index (χ0) is 29.9. The Morgan fingerprint density at radius 2 is 1.30 bits per heavy atom. The molecule has 0 saturated carbocycles. The van der Waals surface area contributed by atoms with Gasteiger partial charge in [0, 0.05) is 27.6 Å². The van der Waals surface area contributed by atoms with E-state index in [0.717, 1.165) is 21.9 Å². The number of nitrogens with zero attached hydrogens (tertiary/aromatic N) is 4. The number of hydrogen-bond donors (Lipinski definition) is 1. The molecule has 0 saturated heterocycles. The van der Waals surface area contributed by atoms with Gasteiger partial charge in [0.1, 0.15) is 35.1 Å². The van der Waals surface area contributed by atoms with Crippen LogP contribution < -0.4 is 9.64 Å². The molecule has 1 N–H and O–H groups in total. The summed E-state index contributed by atoms with van der Waals surface area (Å²) in [4.78, 5) is 1.81. The topological polar surface area (TPSA) is 117 Å². The maximum absolute atomic E-state index is 10.8.